The van der Waals surface area contributed by atoms with Crippen molar-refractivity contribution >= 4 is 5.91 Å². The number of amides is 1. The Hall–Kier alpha value is -1.66. The van der Waals surface area contributed by atoms with Crippen LogP contribution in [0.15, 0.2) is 6.20 Å². The predicted molar refractivity (Wildman–Crippen MR) is 100 cm³/mol. The van der Waals surface area contributed by atoms with Crippen LogP contribution in [0.25, 0.3) is 0 Å². The number of ether oxygens (including phenoxy) is 2. The number of pyridine rings is 1. The van der Waals surface area contributed by atoms with Crippen molar-refractivity contribution < 1.29 is 14.3 Å². The zero-order chi connectivity index (χ0) is 18.7. The van der Waals surface area contributed by atoms with Gasteiger partial charge in [0.15, 0.2) is 0 Å². The Labute approximate surface area is 156 Å². The number of rotatable bonds is 6. The lowest BCUT2D eigenvalue weighted by Crippen LogP contribution is -2.60. The van der Waals surface area contributed by atoms with Gasteiger partial charge in [0, 0.05) is 44.1 Å². The first kappa shape index (κ1) is 19.1. The van der Waals surface area contributed by atoms with Crippen LogP contribution in [0.4, 0.5) is 0 Å². The van der Waals surface area contributed by atoms with Gasteiger partial charge < -0.3 is 14.4 Å². The minimum Gasteiger partial charge on any atom is -0.496 e. The van der Waals surface area contributed by atoms with E-state index in [4.69, 9.17) is 9.47 Å². The first-order valence-electron chi connectivity index (χ1n) is 9.56. The molecule has 3 heterocycles. The summed E-state index contributed by atoms with van der Waals surface area (Å²) < 4.78 is 10.7. The highest BCUT2D eigenvalue weighted by Gasteiger charge is 2.50. The van der Waals surface area contributed by atoms with E-state index in [2.05, 4.69) is 16.8 Å². The van der Waals surface area contributed by atoms with Crippen molar-refractivity contribution in [3.8, 4) is 5.75 Å². The Bertz CT molecular complexity index is 664. The highest BCUT2D eigenvalue weighted by molar-refractivity contribution is 5.87. The Kier molecular flexibility index (Phi) is 5.82. The second-order valence-corrected chi connectivity index (χ2v) is 7.49. The van der Waals surface area contributed by atoms with Gasteiger partial charge in [0.05, 0.1) is 19.4 Å². The summed E-state index contributed by atoms with van der Waals surface area (Å²) in [6, 6.07) is 0. The average molecular weight is 361 g/mol. The summed E-state index contributed by atoms with van der Waals surface area (Å²) in [5.74, 6) is 1.18. The molecule has 1 atom stereocenters. The summed E-state index contributed by atoms with van der Waals surface area (Å²) in [4.78, 5) is 22.3. The highest BCUT2D eigenvalue weighted by atomic mass is 16.5. The van der Waals surface area contributed by atoms with Gasteiger partial charge in [0.2, 0.25) is 5.91 Å². The van der Waals surface area contributed by atoms with Crippen LogP contribution in [-0.2, 0) is 16.1 Å². The molecule has 6 heteroatoms. The number of likely N-dealkylation sites (tertiary alicyclic amines) is 2. The Balaban J connectivity index is 1.83. The van der Waals surface area contributed by atoms with E-state index in [1.165, 1.54) is 0 Å². The van der Waals surface area contributed by atoms with Gasteiger partial charge in [0.1, 0.15) is 11.3 Å². The molecule has 2 aliphatic rings. The van der Waals surface area contributed by atoms with Gasteiger partial charge in [-0.05, 0) is 46.1 Å². The first-order chi connectivity index (χ1) is 12.5. The Morgan fingerprint density at radius 1 is 1.19 bits per heavy atom. The van der Waals surface area contributed by atoms with E-state index in [9.17, 15) is 4.79 Å². The van der Waals surface area contributed by atoms with Gasteiger partial charge in [-0.3, -0.25) is 14.7 Å². The van der Waals surface area contributed by atoms with Crippen LogP contribution < -0.4 is 4.74 Å². The normalized spacial score (nSPS) is 23.8. The molecule has 144 valence electrons. The van der Waals surface area contributed by atoms with Crippen molar-refractivity contribution in [1.29, 1.82) is 0 Å². The van der Waals surface area contributed by atoms with Crippen LogP contribution >= 0.6 is 0 Å². The van der Waals surface area contributed by atoms with E-state index < -0.39 is 0 Å². The fraction of sp³-hybridized carbons (Fsp3) is 0.700. The van der Waals surface area contributed by atoms with E-state index in [0.29, 0.717) is 19.7 Å². The number of aryl methyl sites for hydroxylation is 1. The van der Waals surface area contributed by atoms with Crippen LogP contribution in [0.3, 0.4) is 0 Å². The smallest absolute Gasteiger partial charge is 0.243 e. The highest BCUT2D eigenvalue weighted by Crippen LogP contribution is 2.39. The molecule has 1 aromatic rings. The maximum absolute atomic E-state index is 13.3. The number of carbonyl (C=O) groups excluding carboxylic acids is 1. The monoisotopic (exact) mass is 361 g/mol. The molecule has 26 heavy (non-hydrogen) atoms. The molecule has 0 bridgehead atoms. The Morgan fingerprint density at radius 3 is 2.62 bits per heavy atom. The fourth-order valence-corrected chi connectivity index (χ4v) is 4.58. The molecule has 0 saturated carbocycles. The van der Waals surface area contributed by atoms with Crippen LogP contribution in [0.1, 0.15) is 42.5 Å². The minimum atomic E-state index is -0.363. The second-order valence-electron chi connectivity index (χ2n) is 7.49. The van der Waals surface area contributed by atoms with E-state index in [0.717, 1.165) is 61.3 Å². The summed E-state index contributed by atoms with van der Waals surface area (Å²) in [5, 5.41) is 0. The lowest BCUT2D eigenvalue weighted by molar-refractivity contribution is -0.148. The molecule has 0 aromatic carbocycles. The molecule has 1 spiro atoms. The molecular formula is C20H31N3O3. The molecule has 0 radical (unpaired) electrons. The van der Waals surface area contributed by atoms with Crippen molar-refractivity contribution in [3.63, 3.8) is 0 Å². The van der Waals surface area contributed by atoms with Gasteiger partial charge in [-0.2, -0.15) is 0 Å². The van der Waals surface area contributed by atoms with E-state index in [1.807, 2.05) is 18.0 Å². The maximum atomic E-state index is 13.3. The largest absolute Gasteiger partial charge is 0.496 e. The first-order valence-corrected chi connectivity index (χ1v) is 9.56. The van der Waals surface area contributed by atoms with E-state index >= 15 is 0 Å². The zero-order valence-corrected chi connectivity index (χ0v) is 16.5. The van der Waals surface area contributed by atoms with Crippen molar-refractivity contribution in [2.45, 2.75) is 51.6 Å². The lowest BCUT2D eigenvalue weighted by atomic mass is 9.85. The minimum absolute atomic E-state index is 0.273. The van der Waals surface area contributed by atoms with Crippen molar-refractivity contribution in [2.75, 3.05) is 40.5 Å². The number of aromatic nitrogens is 1. The van der Waals surface area contributed by atoms with Gasteiger partial charge >= 0.3 is 0 Å². The van der Waals surface area contributed by atoms with E-state index in [1.54, 1.807) is 14.2 Å². The molecule has 2 saturated heterocycles. The summed E-state index contributed by atoms with van der Waals surface area (Å²) in [6.45, 7) is 7.84. The van der Waals surface area contributed by atoms with Gasteiger partial charge in [-0.1, -0.05) is 0 Å². The number of nitrogens with zero attached hydrogens (tertiary/aromatic N) is 3. The van der Waals surface area contributed by atoms with Crippen LogP contribution in [0.5, 0.6) is 5.75 Å². The molecular weight excluding hydrogens is 330 g/mol. The Morgan fingerprint density at radius 2 is 1.92 bits per heavy atom. The SMILES string of the molecule is COCCN1CCCC2(CCCN2Cc2ncc(C)c(OC)c2C)C1=O. The molecule has 6 nitrogen and oxygen atoms in total. The van der Waals surface area contributed by atoms with Gasteiger partial charge in [-0.15, -0.1) is 0 Å². The van der Waals surface area contributed by atoms with Crippen molar-refractivity contribution in [2.24, 2.45) is 0 Å². The molecule has 0 aliphatic carbocycles. The standard InChI is InChI=1S/C20H31N3O3/c1-15-13-21-17(16(2)18(15)26-4)14-23-10-6-8-20(23)7-5-9-22(19(20)24)11-12-25-3/h13H,5-12,14H2,1-4H3. The molecule has 2 aliphatic heterocycles. The van der Waals surface area contributed by atoms with Crippen LogP contribution in [0.2, 0.25) is 0 Å². The molecule has 2 fully saturated rings. The third kappa shape index (κ3) is 3.32. The molecule has 0 N–H and O–H groups in total. The van der Waals surface area contributed by atoms with Gasteiger partial charge in [-0.25, -0.2) is 0 Å². The number of hydrogen-bond donors (Lipinski definition) is 0. The third-order valence-corrected chi connectivity index (χ3v) is 5.98. The second kappa shape index (κ2) is 7.92. The number of methoxy groups -OCH3 is 2. The topological polar surface area (TPSA) is 54.9 Å². The zero-order valence-electron chi connectivity index (χ0n) is 16.5. The molecule has 1 aromatic heterocycles. The molecule has 1 unspecified atom stereocenters. The summed E-state index contributed by atoms with van der Waals surface area (Å²) in [6.07, 6.45) is 5.87. The van der Waals surface area contributed by atoms with Crippen molar-refractivity contribution in [3.05, 3.63) is 23.0 Å². The third-order valence-electron chi connectivity index (χ3n) is 5.98. The van der Waals surface area contributed by atoms with E-state index in [-0.39, 0.29) is 11.4 Å². The fourth-order valence-electron chi connectivity index (χ4n) is 4.58. The number of piperidine rings is 1. The van der Waals surface area contributed by atoms with Crippen LogP contribution in [0, 0.1) is 13.8 Å². The molecule has 3 rings (SSSR count). The quantitative estimate of drug-likeness (QED) is 0.778. The summed E-state index contributed by atoms with van der Waals surface area (Å²) in [7, 11) is 3.39. The number of carbonyl (C=O) groups is 1. The van der Waals surface area contributed by atoms with Crippen molar-refractivity contribution in [1.82, 2.24) is 14.8 Å². The lowest BCUT2D eigenvalue weighted by Gasteiger charge is -2.44. The predicted octanol–water partition coefficient (Wildman–Crippen LogP) is 2.31. The maximum Gasteiger partial charge on any atom is 0.243 e. The average Bonchev–Trinajstić information content (AvgIpc) is 3.02. The summed E-state index contributed by atoms with van der Waals surface area (Å²) >= 11 is 0. The summed E-state index contributed by atoms with van der Waals surface area (Å²) in [5.41, 5.74) is 2.77. The molecule has 1 amide bonds. The number of hydrogen-bond acceptors (Lipinski definition) is 5. The van der Waals surface area contributed by atoms with Crippen LogP contribution in [-0.4, -0.2) is 66.7 Å². The van der Waals surface area contributed by atoms with Gasteiger partial charge in [0.25, 0.3) is 0 Å².